The summed E-state index contributed by atoms with van der Waals surface area (Å²) in [6.07, 6.45) is 3.39. The average molecular weight is 198 g/mol. The lowest BCUT2D eigenvalue weighted by Gasteiger charge is -2.46. The minimum Gasteiger partial charge on any atom is -0.381 e. The molecular weight excluding hydrogens is 176 g/mol. The van der Waals surface area contributed by atoms with Crippen molar-refractivity contribution < 1.29 is 4.74 Å². The Hall–Kier alpha value is -0.120. The summed E-state index contributed by atoms with van der Waals surface area (Å²) in [6, 6.07) is 0.968. The number of rotatable bonds is 1. The molecule has 3 heteroatoms. The zero-order chi connectivity index (χ0) is 10.2. The SMILES string of the molecule is CC(C)N1CCC(N)C12CCOCC2. The molecule has 2 heterocycles. The number of likely N-dealkylation sites (tertiary alicyclic amines) is 1. The molecule has 0 amide bonds. The quantitative estimate of drug-likeness (QED) is 0.682. The minimum absolute atomic E-state index is 0.256. The van der Waals surface area contributed by atoms with E-state index < -0.39 is 0 Å². The summed E-state index contributed by atoms with van der Waals surface area (Å²) in [5.41, 5.74) is 6.53. The van der Waals surface area contributed by atoms with Crippen LogP contribution in [0.25, 0.3) is 0 Å². The molecule has 2 N–H and O–H groups in total. The van der Waals surface area contributed by atoms with Gasteiger partial charge in [0.05, 0.1) is 0 Å². The van der Waals surface area contributed by atoms with E-state index >= 15 is 0 Å². The van der Waals surface area contributed by atoms with E-state index in [1.165, 1.54) is 6.54 Å². The van der Waals surface area contributed by atoms with Crippen LogP contribution >= 0.6 is 0 Å². The van der Waals surface area contributed by atoms with Gasteiger partial charge in [0, 0.05) is 37.4 Å². The van der Waals surface area contributed by atoms with Crippen molar-refractivity contribution in [3.63, 3.8) is 0 Å². The van der Waals surface area contributed by atoms with Gasteiger partial charge in [-0.3, -0.25) is 4.90 Å². The topological polar surface area (TPSA) is 38.5 Å². The number of ether oxygens (including phenoxy) is 1. The highest BCUT2D eigenvalue weighted by Crippen LogP contribution is 2.38. The van der Waals surface area contributed by atoms with Crippen molar-refractivity contribution in [3.05, 3.63) is 0 Å². The third kappa shape index (κ3) is 1.47. The molecule has 0 aromatic heterocycles. The van der Waals surface area contributed by atoms with Crippen LogP contribution in [0.2, 0.25) is 0 Å². The average Bonchev–Trinajstić information content (AvgIpc) is 2.46. The second-order valence-corrected chi connectivity index (χ2v) is 4.90. The number of nitrogens with two attached hydrogens (primary N) is 1. The van der Waals surface area contributed by atoms with Crippen molar-refractivity contribution in [2.24, 2.45) is 5.73 Å². The summed E-state index contributed by atoms with van der Waals surface area (Å²) in [5, 5.41) is 0. The summed E-state index contributed by atoms with van der Waals surface area (Å²) in [7, 11) is 0. The summed E-state index contributed by atoms with van der Waals surface area (Å²) in [6.45, 7) is 7.48. The molecule has 3 nitrogen and oxygen atoms in total. The summed E-state index contributed by atoms with van der Waals surface area (Å²) < 4.78 is 5.45. The van der Waals surface area contributed by atoms with E-state index in [1.807, 2.05) is 0 Å². The van der Waals surface area contributed by atoms with Gasteiger partial charge in [-0.1, -0.05) is 0 Å². The first-order chi connectivity index (χ1) is 6.67. The molecule has 1 unspecified atom stereocenters. The monoisotopic (exact) mass is 198 g/mol. The van der Waals surface area contributed by atoms with Gasteiger partial charge in [0.25, 0.3) is 0 Å². The van der Waals surface area contributed by atoms with Gasteiger partial charge in [0.15, 0.2) is 0 Å². The second kappa shape index (κ2) is 3.80. The molecule has 14 heavy (non-hydrogen) atoms. The van der Waals surface area contributed by atoms with E-state index in [2.05, 4.69) is 18.7 Å². The van der Waals surface area contributed by atoms with Gasteiger partial charge in [-0.15, -0.1) is 0 Å². The maximum atomic E-state index is 6.28. The standard InChI is InChI=1S/C11H22N2O/c1-9(2)13-6-3-10(12)11(13)4-7-14-8-5-11/h9-10H,3-8,12H2,1-2H3. The lowest BCUT2D eigenvalue weighted by Crippen LogP contribution is -2.58. The van der Waals surface area contributed by atoms with Crippen LogP contribution in [0.4, 0.5) is 0 Å². The molecule has 2 aliphatic rings. The Morgan fingerprint density at radius 1 is 1.36 bits per heavy atom. The number of hydrogen-bond acceptors (Lipinski definition) is 3. The van der Waals surface area contributed by atoms with Gasteiger partial charge in [-0.2, -0.15) is 0 Å². The molecule has 2 aliphatic heterocycles. The number of hydrogen-bond donors (Lipinski definition) is 1. The third-order valence-electron chi connectivity index (χ3n) is 3.93. The fourth-order valence-electron chi connectivity index (χ4n) is 3.14. The first-order valence-corrected chi connectivity index (χ1v) is 5.77. The molecule has 2 rings (SSSR count). The van der Waals surface area contributed by atoms with Crippen LogP contribution in [0, 0.1) is 0 Å². The number of nitrogens with zero attached hydrogens (tertiary/aromatic N) is 1. The van der Waals surface area contributed by atoms with Gasteiger partial charge in [0.1, 0.15) is 0 Å². The van der Waals surface area contributed by atoms with Crippen LogP contribution in [0.3, 0.4) is 0 Å². The molecular formula is C11H22N2O. The Bertz CT molecular complexity index is 199. The van der Waals surface area contributed by atoms with Crippen molar-refractivity contribution in [3.8, 4) is 0 Å². The van der Waals surface area contributed by atoms with E-state index in [0.717, 1.165) is 32.5 Å². The second-order valence-electron chi connectivity index (χ2n) is 4.90. The Balaban J connectivity index is 2.18. The van der Waals surface area contributed by atoms with E-state index in [0.29, 0.717) is 12.1 Å². The molecule has 0 bridgehead atoms. The highest BCUT2D eigenvalue weighted by molar-refractivity contribution is 5.06. The molecule has 2 fully saturated rings. The predicted molar refractivity (Wildman–Crippen MR) is 57.2 cm³/mol. The smallest absolute Gasteiger partial charge is 0.0484 e. The van der Waals surface area contributed by atoms with Crippen LogP contribution < -0.4 is 5.73 Å². The molecule has 0 aromatic rings. The van der Waals surface area contributed by atoms with E-state index in [-0.39, 0.29) is 5.54 Å². The molecule has 82 valence electrons. The van der Waals surface area contributed by atoms with Crippen molar-refractivity contribution in [1.82, 2.24) is 4.90 Å². The minimum atomic E-state index is 0.256. The molecule has 1 spiro atoms. The van der Waals surface area contributed by atoms with Crippen molar-refractivity contribution in [2.45, 2.75) is 50.7 Å². The molecule has 0 saturated carbocycles. The summed E-state index contributed by atoms with van der Waals surface area (Å²) >= 11 is 0. The molecule has 0 radical (unpaired) electrons. The van der Waals surface area contributed by atoms with Crippen molar-refractivity contribution >= 4 is 0 Å². The van der Waals surface area contributed by atoms with Crippen LogP contribution in [0.1, 0.15) is 33.1 Å². The fraction of sp³-hybridized carbons (Fsp3) is 1.00. The van der Waals surface area contributed by atoms with E-state index in [4.69, 9.17) is 10.5 Å². The summed E-state index contributed by atoms with van der Waals surface area (Å²) in [5.74, 6) is 0. The van der Waals surface area contributed by atoms with Crippen LogP contribution in [-0.2, 0) is 4.74 Å². The zero-order valence-electron chi connectivity index (χ0n) is 9.33. The Kier molecular flexibility index (Phi) is 2.82. The molecule has 0 aromatic carbocycles. The fourth-order valence-corrected chi connectivity index (χ4v) is 3.14. The highest BCUT2D eigenvalue weighted by atomic mass is 16.5. The van der Waals surface area contributed by atoms with Gasteiger partial charge in [0.2, 0.25) is 0 Å². The highest BCUT2D eigenvalue weighted by Gasteiger charge is 2.48. The maximum Gasteiger partial charge on any atom is 0.0484 e. The Morgan fingerprint density at radius 2 is 2.00 bits per heavy atom. The zero-order valence-corrected chi connectivity index (χ0v) is 9.33. The van der Waals surface area contributed by atoms with Gasteiger partial charge in [-0.05, 0) is 33.1 Å². The molecule has 0 aliphatic carbocycles. The van der Waals surface area contributed by atoms with Gasteiger partial charge < -0.3 is 10.5 Å². The summed E-state index contributed by atoms with van der Waals surface area (Å²) in [4.78, 5) is 2.60. The Morgan fingerprint density at radius 3 is 2.57 bits per heavy atom. The first kappa shape index (κ1) is 10.4. The van der Waals surface area contributed by atoms with Gasteiger partial charge >= 0.3 is 0 Å². The predicted octanol–water partition coefficient (Wildman–Crippen LogP) is 0.977. The molecule has 2 saturated heterocycles. The van der Waals surface area contributed by atoms with Gasteiger partial charge in [-0.25, -0.2) is 0 Å². The van der Waals surface area contributed by atoms with Crippen LogP contribution in [-0.4, -0.2) is 42.3 Å². The van der Waals surface area contributed by atoms with Crippen LogP contribution in [0.5, 0.6) is 0 Å². The Labute approximate surface area is 86.6 Å². The lowest BCUT2D eigenvalue weighted by atomic mass is 9.83. The first-order valence-electron chi connectivity index (χ1n) is 5.77. The largest absolute Gasteiger partial charge is 0.381 e. The maximum absolute atomic E-state index is 6.28. The van der Waals surface area contributed by atoms with E-state index in [1.54, 1.807) is 0 Å². The van der Waals surface area contributed by atoms with Crippen LogP contribution in [0.15, 0.2) is 0 Å². The lowest BCUT2D eigenvalue weighted by molar-refractivity contribution is -0.0259. The van der Waals surface area contributed by atoms with E-state index in [9.17, 15) is 0 Å². The van der Waals surface area contributed by atoms with Crippen molar-refractivity contribution in [1.29, 1.82) is 0 Å². The third-order valence-corrected chi connectivity index (χ3v) is 3.93. The normalized spacial score (nSPS) is 33.0. The molecule has 1 atom stereocenters. The van der Waals surface area contributed by atoms with Crippen molar-refractivity contribution in [2.75, 3.05) is 19.8 Å².